The van der Waals surface area contributed by atoms with Crippen LogP contribution < -0.4 is 5.73 Å². The highest BCUT2D eigenvalue weighted by Crippen LogP contribution is 2.40. The Labute approximate surface area is 117 Å². The van der Waals surface area contributed by atoms with Gasteiger partial charge in [0.05, 0.1) is 11.5 Å². The van der Waals surface area contributed by atoms with E-state index in [1.54, 1.807) is 0 Å². The van der Waals surface area contributed by atoms with E-state index >= 15 is 0 Å². The van der Waals surface area contributed by atoms with E-state index in [0.717, 1.165) is 19.3 Å². The molecule has 0 radical (unpaired) electrons. The number of nitrogens with two attached hydrogens (primary N) is 1. The molecule has 5 heteroatoms. The second kappa shape index (κ2) is 5.34. The quantitative estimate of drug-likeness (QED) is 0.849. The fourth-order valence-corrected chi connectivity index (χ4v) is 6.08. The Balaban J connectivity index is 2.16. The highest BCUT2D eigenvalue weighted by Gasteiger charge is 2.44. The van der Waals surface area contributed by atoms with Crippen molar-refractivity contribution in [3.63, 3.8) is 0 Å². The molecule has 0 amide bonds. The topological polar surface area (TPSA) is 63.4 Å². The summed E-state index contributed by atoms with van der Waals surface area (Å²) < 4.78 is 23.4. The maximum Gasteiger partial charge on any atom is 0.151 e. The van der Waals surface area contributed by atoms with E-state index < -0.39 is 9.84 Å². The van der Waals surface area contributed by atoms with Crippen LogP contribution in [-0.4, -0.2) is 50.0 Å². The third-order valence-electron chi connectivity index (χ3n) is 5.15. The monoisotopic (exact) mass is 288 g/mol. The van der Waals surface area contributed by atoms with E-state index in [0.29, 0.717) is 29.9 Å². The number of rotatable bonds is 3. The van der Waals surface area contributed by atoms with Crippen molar-refractivity contribution in [2.75, 3.05) is 25.1 Å². The molecular weight excluding hydrogens is 260 g/mol. The van der Waals surface area contributed by atoms with Gasteiger partial charge in [0.25, 0.3) is 0 Å². The minimum atomic E-state index is -2.82. The summed E-state index contributed by atoms with van der Waals surface area (Å²) in [7, 11) is -0.737. The molecule has 0 spiro atoms. The molecule has 0 aromatic rings. The van der Waals surface area contributed by atoms with Gasteiger partial charge < -0.3 is 5.73 Å². The number of nitrogens with zero attached hydrogens (tertiary/aromatic N) is 1. The molecule has 1 heterocycles. The SMILES string of the molecule is CC1CC(C)CC(CN)(N(C)C2CCS(=O)(=O)C2)C1. The molecule has 1 aliphatic carbocycles. The summed E-state index contributed by atoms with van der Waals surface area (Å²) in [5.41, 5.74) is 6.11. The second-order valence-electron chi connectivity index (χ2n) is 6.95. The van der Waals surface area contributed by atoms with Gasteiger partial charge in [0.15, 0.2) is 9.84 Å². The zero-order valence-electron chi connectivity index (χ0n) is 12.4. The van der Waals surface area contributed by atoms with Crippen LogP contribution in [0, 0.1) is 11.8 Å². The summed E-state index contributed by atoms with van der Waals surface area (Å²) in [6, 6.07) is 0.158. The molecule has 3 atom stereocenters. The van der Waals surface area contributed by atoms with E-state index in [1.807, 2.05) is 0 Å². The molecule has 0 bridgehead atoms. The second-order valence-corrected chi connectivity index (χ2v) is 9.18. The molecule has 112 valence electrons. The first-order chi connectivity index (χ1) is 8.78. The van der Waals surface area contributed by atoms with Gasteiger partial charge in [-0.25, -0.2) is 8.42 Å². The first-order valence-electron chi connectivity index (χ1n) is 7.41. The summed E-state index contributed by atoms with van der Waals surface area (Å²) in [5, 5.41) is 0. The van der Waals surface area contributed by atoms with Crippen molar-refractivity contribution >= 4 is 9.84 Å². The smallest absolute Gasteiger partial charge is 0.151 e. The molecule has 1 aliphatic heterocycles. The highest BCUT2D eigenvalue weighted by atomic mass is 32.2. The van der Waals surface area contributed by atoms with Crippen molar-refractivity contribution in [1.82, 2.24) is 4.90 Å². The molecular formula is C14H28N2O2S. The predicted octanol–water partition coefficient (Wildman–Crippen LogP) is 1.26. The largest absolute Gasteiger partial charge is 0.329 e. The Morgan fingerprint density at radius 1 is 1.26 bits per heavy atom. The Bertz CT molecular complexity index is 411. The van der Waals surface area contributed by atoms with Gasteiger partial charge in [-0.05, 0) is 44.6 Å². The molecule has 1 saturated carbocycles. The number of hydrogen-bond donors (Lipinski definition) is 1. The third kappa shape index (κ3) is 3.14. The van der Waals surface area contributed by atoms with Crippen LogP contribution in [0.15, 0.2) is 0 Å². The Hall–Kier alpha value is -0.130. The van der Waals surface area contributed by atoms with Crippen LogP contribution in [0.4, 0.5) is 0 Å². The van der Waals surface area contributed by atoms with Crippen LogP contribution in [0.5, 0.6) is 0 Å². The third-order valence-corrected chi connectivity index (χ3v) is 6.90. The van der Waals surface area contributed by atoms with E-state index in [9.17, 15) is 8.42 Å². The van der Waals surface area contributed by atoms with E-state index in [1.165, 1.54) is 6.42 Å². The minimum Gasteiger partial charge on any atom is -0.329 e. The van der Waals surface area contributed by atoms with Gasteiger partial charge in [-0.15, -0.1) is 0 Å². The standard InChI is InChI=1S/C14H28N2O2S/c1-11-6-12(2)8-14(7-11,10-15)16(3)13-4-5-19(17,18)9-13/h11-13H,4-10,15H2,1-3H3. The van der Waals surface area contributed by atoms with Crippen LogP contribution in [0.2, 0.25) is 0 Å². The van der Waals surface area contributed by atoms with Crippen molar-refractivity contribution in [3.8, 4) is 0 Å². The Morgan fingerprint density at radius 3 is 2.26 bits per heavy atom. The molecule has 19 heavy (non-hydrogen) atoms. The lowest BCUT2D eigenvalue weighted by molar-refractivity contribution is 0.0156. The average molecular weight is 288 g/mol. The van der Waals surface area contributed by atoms with E-state index in [2.05, 4.69) is 25.8 Å². The highest BCUT2D eigenvalue weighted by molar-refractivity contribution is 7.91. The van der Waals surface area contributed by atoms with Crippen molar-refractivity contribution < 1.29 is 8.42 Å². The first-order valence-corrected chi connectivity index (χ1v) is 9.23. The van der Waals surface area contributed by atoms with Crippen LogP contribution in [0.25, 0.3) is 0 Å². The fraction of sp³-hybridized carbons (Fsp3) is 1.00. The molecule has 4 nitrogen and oxygen atoms in total. The summed E-state index contributed by atoms with van der Waals surface area (Å²) in [6.45, 7) is 5.22. The van der Waals surface area contributed by atoms with Crippen LogP contribution in [0.3, 0.4) is 0 Å². The fourth-order valence-electron chi connectivity index (χ4n) is 4.30. The Morgan fingerprint density at radius 2 is 1.84 bits per heavy atom. The maximum atomic E-state index is 11.7. The lowest BCUT2D eigenvalue weighted by Crippen LogP contribution is -2.59. The minimum absolute atomic E-state index is 0.00160. The molecule has 2 fully saturated rings. The lowest BCUT2D eigenvalue weighted by Gasteiger charge is -2.50. The van der Waals surface area contributed by atoms with Crippen molar-refractivity contribution in [3.05, 3.63) is 0 Å². The summed E-state index contributed by atoms with van der Waals surface area (Å²) >= 11 is 0. The van der Waals surface area contributed by atoms with Crippen LogP contribution in [-0.2, 0) is 9.84 Å². The zero-order chi connectivity index (χ0) is 14.3. The summed E-state index contributed by atoms with van der Waals surface area (Å²) in [5.74, 6) is 2.00. The Kier molecular flexibility index (Phi) is 4.29. The van der Waals surface area contributed by atoms with Crippen LogP contribution in [0.1, 0.15) is 39.5 Å². The number of likely N-dealkylation sites (N-methyl/N-ethyl adjacent to an activating group) is 1. The van der Waals surface area contributed by atoms with Gasteiger partial charge in [0, 0.05) is 18.1 Å². The van der Waals surface area contributed by atoms with Gasteiger partial charge >= 0.3 is 0 Å². The maximum absolute atomic E-state index is 11.7. The van der Waals surface area contributed by atoms with E-state index in [4.69, 9.17) is 5.73 Å². The van der Waals surface area contributed by atoms with Crippen molar-refractivity contribution in [2.45, 2.75) is 51.1 Å². The molecule has 2 aliphatic rings. The van der Waals surface area contributed by atoms with E-state index in [-0.39, 0.29) is 11.6 Å². The normalized spacial score (nSPS) is 42.7. The summed E-state index contributed by atoms with van der Waals surface area (Å²) in [6.07, 6.45) is 4.23. The average Bonchev–Trinajstić information content (AvgIpc) is 2.67. The van der Waals surface area contributed by atoms with Crippen molar-refractivity contribution in [1.29, 1.82) is 0 Å². The number of sulfone groups is 1. The zero-order valence-corrected chi connectivity index (χ0v) is 13.2. The molecule has 2 rings (SSSR count). The first kappa shape index (κ1) is 15.3. The van der Waals surface area contributed by atoms with Crippen molar-refractivity contribution in [2.24, 2.45) is 17.6 Å². The number of hydrogen-bond acceptors (Lipinski definition) is 4. The van der Waals surface area contributed by atoms with Gasteiger partial charge in [0.1, 0.15) is 0 Å². The molecule has 3 unspecified atom stereocenters. The van der Waals surface area contributed by atoms with Crippen LogP contribution >= 0.6 is 0 Å². The molecule has 2 N–H and O–H groups in total. The van der Waals surface area contributed by atoms with Gasteiger partial charge in [-0.2, -0.15) is 0 Å². The molecule has 1 saturated heterocycles. The summed E-state index contributed by atoms with van der Waals surface area (Å²) in [4.78, 5) is 2.31. The lowest BCUT2D eigenvalue weighted by atomic mass is 9.70. The molecule has 0 aromatic carbocycles. The molecule has 0 aromatic heterocycles. The van der Waals surface area contributed by atoms with Gasteiger partial charge in [-0.1, -0.05) is 13.8 Å². The predicted molar refractivity (Wildman–Crippen MR) is 78.8 cm³/mol. The van der Waals surface area contributed by atoms with Gasteiger partial charge in [-0.3, -0.25) is 4.90 Å². The van der Waals surface area contributed by atoms with Gasteiger partial charge in [0.2, 0.25) is 0 Å².